The van der Waals surface area contributed by atoms with Crippen LogP contribution < -0.4 is 0 Å². The highest BCUT2D eigenvalue weighted by atomic mass is 14.3. The third-order valence-corrected chi connectivity index (χ3v) is 3.51. The molecule has 0 heteroatoms. The molecule has 0 N–H and O–H groups in total. The maximum absolute atomic E-state index is 2.42. The highest BCUT2D eigenvalue weighted by Gasteiger charge is 2.29. The van der Waals surface area contributed by atoms with Gasteiger partial charge < -0.3 is 0 Å². The molecular weight excluding hydrogens is 144 g/mol. The molecule has 0 heterocycles. The van der Waals surface area contributed by atoms with Crippen molar-refractivity contribution in [3.05, 3.63) is 6.42 Å². The molecule has 2 atom stereocenters. The van der Waals surface area contributed by atoms with Gasteiger partial charge in [-0.1, -0.05) is 40.5 Å². The summed E-state index contributed by atoms with van der Waals surface area (Å²) < 4.78 is 0. The summed E-state index contributed by atoms with van der Waals surface area (Å²) in [6.07, 6.45) is 8.12. The smallest absolute Gasteiger partial charge is 0.0351 e. The van der Waals surface area contributed by atoms with Crippen LogP contribution in [0.2, 0.25) is 0 Å². The largest absolute Gasteiger partial charge is 0.0620 e. The Morgan fingerprint density at radius 2 is 2.08 bits per heavy atom. The van der Waals surface area contributed by atoms with Crippen LogP contribution >= 0.6 is 0 Å². The van der Waals surface area contributed by atoms with Crippen molar-refractivity contribution in [1.82, 2.24) is 0 Å². The molecule has 0 spiro atoms. The van der Waals surface area contributed by atoms with Gasteiger partial charge in [0.1, 0.15) is 0 Å². The number of hydrogen-bond donors (Lipinski definition) is 0. The van der Waals surface area contributed by atoms with Crippen molar-refractivity contribution < 1.29 is 0 Å². The average Bonchev–Trinajstić information content (AvgIpc) is 2.01. The molecule has 1 rings (SSSR count). The highest BCUT2D eigenvalue weighted by Crippen LogP contribution is 2.41. The van der Waals surface area contributed by atoms with Crippen LogP contribution in [-0.4, -0.2) is 0 Å². The van der Waals surface area contributed by atoms with Gasteiger partial charge in [0.05, 0.1) is 0 Å². The lowest BCUT2D eigenvalue weighted by molar-refractivity contribution is 0.151. The van der Waals surface area contributed by atoms with E-state index in [4.69, 9.17) is 0 Å². The number of hydrogen-bond acceptors (Lipinski definition) is 0. The first kappa shape index (κ1) is 10.1. The van der Waals surface area contributed by atoms with Crippen molar-refractivity contribution >= 4 is 0 Å². The standard InChI is InChI=1S/C12H23/c1-5-10(2)11-7-6-8-12(3,4)9-11/h5,10-11H,6-9H2,1-4H3. The summed E-state index contributed by atoms with van der Waals surface area (Å²) in [7, 11) is 0. The van der Waals surface area contributed by atoms with Gasteiger partial charge >= 0.3 is 0 Å². The Labute approximate surface area is 77.7 Å². The van der Waals surface area contributed by atoms with Gasteiger partial charge in [-0.25, -0.2) is 0 Å². The summed E-state index contributed by atoms with van der Waals surface area (Å²) in [5.41, 5.74) is 0.611. The second kappa shape index (κ2) is 3.81. The summed E-state index contributed by atoms with van der Waals surface area (Å²) in [4.78, 5) is 0. The Kier molecular flexibility index (Phi) is 3.20. The fourth-order valence-electron chi connectivity index (χ4n) is 2.48. The van der Waals surface area contributed by atoms with Gasteiger partial charge in [0, 0.05) is 0 Å². The zero-order chi connectivity index (χ0) is 9.19. The third kappa shape index (κ3) is 2.50. The predicted octanol–water partition coefficient (Wildman–Crippen LogP) is 4.06. The van der Waals surface area contributed by atoms with Crippen LogP contribution in [0, 0.1) is 23.7 Å². The van der Waals surface area contributed by atoms with Gasteiger partial charge in [0.15, 0.2) is 0 Å². The van der Waals surface area contributed by atoms with E-state index in [1.165, 1.54) is 25.7 Å². The van der Waals surface area contributed by atoms with E-state index in [-0.39, 0.29) is 0 Å². The quantitative estimate of drug-likeness (QED) is 0.581. The van der Waals surface area contributed by atoms with Crippen molar-refractivity contribution in [2.45, 2.75) is 53.4 Å². The molecule has 0 aromatic heterocycles. The lowest BCUT2D eigenvalue weighted by Crippen LogP contribution is -2.26. The van der Waals surface area contributed by atoms with Gasteiger partial charge in [-0.05, 0) is 36.5 Å². The van der Waals surface area contributed by atoms with E-state index in [1.54, 1.807) is 0 Å². The minimum atomic E-state index is 0.611. The Morgan fingerprint density at radius 3 is 2.58 bits per heavy atom. The third-order valence-electron chi connectivity index (χ3n) is 3.51. The Hall–Kier alpha value is 0. The Morgan fingerprint density at radius 1 is 1.42 bits per heavy atom. The summed E-state index contributed by atoms with van der Waals surface area (Å²) >= 11 is 0. The molecule has 0 aliphatic heterocycles. The molecule has 0 aromatic carbocycles. The molecule has 0 amide bonds. The zero-order valence-corrected chi connectivity index (χ0v) is 9.06. The highest BCUT2D eigenvalue weighted by molar-refractivity contribution is 4.85. The minimum Gasteiger partial charge on any atom is -0.0620 e. The Bertz CT molecular complexity index is 135. The molecule has 1 aliphatic rings. The van der Waals surface area contributed by atoms with Crippen LogP contribution in [0.15, 0.2) is 0 Å². The van der Waals surface area contributed by atoms with Crippen LogP contribution in [0.25, 0.3) is 0 Å². The average molecular weight is 167 g/mol. The number of rotatable bonds is 2. The molecule has 1 saturated carbocycles. The van der Waals surface area contributed by atoms with Crippen molar-refractivity contribution in [1.29, 1.82) is 0 Å². The van der Waals surface area contributed by atoms with Gasteiger partial charge in [-0.2, -0.15) is 0 Å². The van der Waals surface area contributed by atoms with Gasteiger partial charge in [0.2, 0.25) is 0 Å². The maximum atomic E-state index is 2.42. The molecule has 1 fully saturated rings. The van der Waals surface area contributed by atoms with Gasteiger partial charge in [-0.3, -0.25) is 0 Å². The van der Waals surface area contributed by atoms with E-state index in [0.29, 0.717) is 5.41 Å². The summed E-state index contributed by atoms with van der Waals surface area (Å²) in [5.74, 6) is 1.78. The normalized spacial score (nSPS) is 31.5. The summed E-state index contributed by atoms with van der Waals surface area (Å²) in [6.45, 7) is 9.40. The first-order valence-electron chi connectivity index (χ1n) is 5.34. The van der Waals surface area contributed by atoms with Crippen molar-refractivity contribution in [2.24, 2.45) is 17.3 Å². The predicted molar refractivity (Wildman–Crippen MR) is 54.9 cm³/mol. The first-order chi connectivity index (χ1) is 5.55. The van der Waals surface area contributed by atoms with Crippen molar-refractivity contribution in [2.75, 3.05) is 0 Å². The molecule has 71 valence electrons. The van der Waals surface area contributed by atoms with Crippen LogP contribution in [-0.2, 0) is 0 Å². The van der Waals surface area contributed by atoms with E-state index in [2.05, 4.69) is 34.1 Å². The van der Waals surface area contributed by atoms with Gasteiger partial charge in [-0.15, -0.1) is 0 Å². The summed E-state index contributed by atoms with van der Waals surface area (Å²) in [5, 5.41) is 0. The lowest BCUT2D eigenvalue weighted by Gasteiger charge is -2.37. The van der Waals surface area contributed by atoms with Crippen molar-refractivity contribution in [3.8, 4) is 0 Å². The molecule has 2 unspecified atom stereocenters. The SMILES string of the molecule is C[CH]C(C)C1CCCC(C)(C)C1. The molecule has 0 bridgehead atoms. The maximum Gasteiger partial charge on any atom is -0.0351 e. The van der Waals surface area contributed by atoms with E-state index >= 15 is 0 Å². The first-order valence-corrected chi connectivity index (χ1v) is 5.34. The fraction of sp³-hybridized carbons (Fsp3) is 0.917. The molecule has 12 heavy (non-hydrogen) atoms. The summed E-state index contributed by atoms with van der Waals surface area (Å²) in [6, 6.07) is 0. The van der Waals surface area contributed by atoms with Crippen molar-refractivity contribution in [3.63, 3.8) is 0 Å². The van der Waals surface area contributed by atoms with E-state index in [1.807, 2.05) is 0 Å². The second-order valence-corrected chi connectivity index (χ2v) is 5.21. The van der Waals surface area contributed by atoms with E-state index in [9.17, 15) is 0 Å². The van der Waals surface area contributed by atoms with Crippen LogP contribution in [0.5, 0.6) is 0 Å². The lowest BCUT2D eigenvalue weighted by atomic mass is 9.68. The fourth-order valence-corrected chi connectivity index (χ4v) is 2.48. The van der Waals surface area contributed by atoms with Crippen LogP contribution in [0.4, 0.5) is 0 Å². The molecule has 0 saturated heterocycles. The Balaban J connectivity index is 2.46. The van der Waals surface area contributed by atoms with E-state index < -0.39 is 0 Å². The minimum absolute atomic E-state index is 0.611. The van der Waals surface area contributed by atoms with Crippen LogP contribution in [0.1, 0.15) is 53.4 Å². The molecular formula is C12H23. The molecule has 0 nitrogen and oxygen atoms in total. The zero-order valence-electron chi connectivity index (χ0n) is 9.06. The van der Waals surface area contributed by atoms with Gasteiger partial charge in [0.25, 0.3) is 0 Å². The topological polar surface area (TPSA) is 0 Å². The van der Waals surface area contributed by atoms with E-state index in [0.717, 1.165) is 11.8 Å². The molecule has 1 aliphatic carbocycles. The van der Waals surface area contributed by atoms with Crippen LogP contribution in [0.3, 0.4) is 0 Å². The molecule has 0 aromatic rings. The monoisotopic (exact) mass is 167 g/mol. The second-order valence-electron chi connectivity index (χ2n) is 5.21. The molecule has 1 radical (unpaired) electrons.